The number of morpholine rings is 1. The Bertz CT molecular complexity index is 144. The van der Waals surface area contributed by atoms with Gasteiger partial charge in [-0.3, -0.25) is 4.90 Å². The number of nitrogens with zero attached hydrogens (tertiary/aromatic N) is 1. The van der Waals surface area contributed by atoms with E-state index >= 15 is 0 Å². The maximum Gasteiger partial charge on any atom is 0.0824 e. The van der Waals surface area contributed by atoms with Gasteiger partial charge in [-0.05, 0) is 13.3 Å². The average molecular weight is 188 g/mol. The lowest BCUT2D eigenvalue weighted by atomic mass is 10.2. The summed E-state index contributed by atoms with van der Waals surface area (Å²) in [6.07, 6.45) is 1.01. The second kappa shape index (κ2) is 5.54. The van der Waals surface area contributed by atoms with Crippen molar-refractivity contribution in [3.63, 3.8) is 0 Å². The highest BCUT2D eigenvalue weighted by Gasteiger charge is 2.24. The van der Waals surface area contributed by atoms with Crippen LogP contribution in [0, 0.1) is 0 Å². The Morgan fingerprint density at radius 2 is 2.38 bits per heavy atom. The topological polar surface area (TPSA) is 58.7 Å². The van der Waals surface area contributed by atoms with Crippen molar-refractivity contribution in [2.75, 3.05) is 32.8 Å². The molecule has 4 heteroatoms. The van der Waals surface area contributed by atoms with E-state index in [0.29, 0.717) is 12.6 Å². The molecule has 0 saturated carbocycles. The number of hydrogen-bond donors (Lipinski definition) is 2. The monoisotopic (exact) mass is 188 g/mol. The second-order valence-electron chi connectivity index (χ2n) is 3.61. The van der Waals surface area contributed by atoms with Crippen LogP contribution in [0.2, 0.25) is 0 Å². The molecule has 13 heavy (non-hydrogen) atoms. The average Bonchev–Trinajstić information content (AvgIpc) is 2.17. The first-order valence-corrected chi connectivity index (χ1v) is 4.94. The van der Waals surface area contributed by atoms with Gasteiger partial charge in [-0.25, -0.2) is 0 Å². The van der Waals surface area contributed by atoms with E-state index in [2.05, 4.69) is 11.8 Å². The van der Waals surface area contributed by atoms with Gasteiger partial charge in [-0.2, -0.15) is 0 Å². The maximum atomic E-state index is 8.72. The smallest absolute Gasteiger partial charge is 0.0824 e. The minimum atomic E-state index is 0.176. The molecule has 1 aliphatic rings. The summed E-state index contributed by atoms with van der Waals surface area (Å²) in [5, 5.41) is 8.72. The van der Waals surface area contributed by atoms with E-state index in [0.717, 1.165) is 26.1 Å². The van der Waals surface area contributed by atoms with E-state index in [4.69, 9.17) is 15.6 Å². The predicted octanol–water partition coefficient (Wildman–Crippen LogP) is -0.583. The number of aliphatic hydroxyl groups excluding tert-OH is 1. The molecule has 0 aromatic rings. The molecule has 78 valence electrons. The summed E-state index contributed by atoms with van der Waals surface area (Å²) < 4.78 is 5.52. The van der Waals surface area contributed by atoms with Gasteiger partial charge in [0.2, 0.25) is 0 Å². The summed E-state index contributed by atoms with van der Waals surface area (Å²) in [7, 11) is 0. The van der Waals surface area contributed by atoms with Crippen molar-refractivity contribution in [3.05, 3.63) is 0 Å². The van der Waals surface area contributed by atoms with E-state index in [9.17, 15) is 0 Å². The zero-order valence-corrected chi connectivity index (χ0v) is 8.28. The van der Waals surface area contributed by atoms with E-state index in [1.165, 1.54) is 0 Å². The number of nitrogens with two attached hydrogens (primary N) is 1. The Kier molecular flexibility index (Phi) is 4.66. The van der Waals surface area contributed by atoms with Crippen molar-refractivity contribution in [3.8, 4) is 0 Å². The number of hydrogen-bond acceptors (Lipinski definition) is 4. The molecule has 2 atom stereocenters. The van der Waals surface area contributed by atoms with Gasteiger partial charge >= 0.3 is 0 Å². The molecule has 1 rings (SSSR count). The third-order valence-electron chi connectivity index (χ3n) is 2.50. The van der Waals surface area contributed by atoms with Crippen LogP contribution in [-0.2, 0) is 4.74 Å². The van der Waals surface area contributed by atoms with Gasteiger partial charge in [0.1, 0.15) is 0 Å². The Hall–Kier alpha value is -0.160. The summed E-state index contributed by atoms with van der Waals surface area (Å²) >= 11 is 0. The summed E-state index contributed by atoms with van der Waals surface area (Å²) in [4.78, 5) is 2.33. The van der Waals surface area contributed by atoms with Crippen LogP contribution in [-0.4, -0.2) is 55.0 Å². The number of rotatable bonds is 4. The molecule has 0 aliphatic carbocycles. The standard InChI is InChI=1S/C9H20N2O2/c1-8-7-13-9(5-10)6-11(8)3-2-4-12/h8-9,12H,2-7,10H2,1H3. The van der Waals surface area contributed by atoms with Gasteiger partial charge in [-0.15, -0.1) is 0 Å². The van der Waals surface area contributed by atoms with Crippen molar-refractivity contribution in [1.29, 1.82) is 0 Å². The lowest BCUT2D eigenvalue weighted by Crippen LogP contribution is -2.50. The third kappa shape index (κ3) is 3.23. The van der Waals surface area contributed by atoms with Gasteiger partial charge in [0, 0.05) is 32.3 Å². The minimum Gasteiger partial charge on any atom is -0.396 e. The number of ether oxygens (including phenoxy) is 1. The van der Waals surface area contributed by atoms with Crippen LogP contribution < -0.4 is 5.73 Å². The van der Waals surface area contributed by atoms with Gasteiger partial charge < -0.3 is 15.6 Å². The van der Waals surface area contributed by atoms with Crippen molar-refractivity contribution >= 4 is 0 Å². The van der Waals surface area contributed by atoms with Gasteiger partial charge in [-0.1, -0.05) is 0 Å². The molecule has 0 amide bonds. The second-order valence-corrected chi connectivity index (χ2v) is 3.61. The van der Waals surface area contributed by atoms with Crippen LogP contribution in [0.25, 0.3) is 0 Å². The van der Waals surface area contributed by atoms with Gasteiger partial charge in [0.15, 0.2) is 0 Å². The maximum absolute atomic E-state index is 8.72. The summed E-state index contributed by atoms with van der Waals surface area (Å²) in [6.45, 7) is 5.59. The molecule has 1 aliphatic heterocycles. The van der Waals surface area contributed by atoms with E-state index in [1.807, 2.05) is 0 Å². The van der Waals surface area contributed by atoms with Crippen LogP contribution in [0.1, 0.15) is 13.3 Å². The Labute approximate surface area is 79.7 Å². The van der Waals surface area contributed by atoms with Crippen LogP contribution in [0.5, 0.6) is 0 Å². The summed E-state index contributed by atoms with van der Waals surface area (Å²) in [5.74, 6) is 0. The van der Waals surface area contributed by atoms with Gasteiger partial charge in [0.25, 0.3) is 0 Å². The minimum absolute atomic E-state index is 0.176. The highest BCUT2D eigenvalue weighted by molar-refractivity contribution is 4.77. The Balaban J connectivity index is 2.31. The lowest BCUT2D eigenvalue weighted by molar-refractivity contribution is -0.0545. The van der Waals surface area contributed by atoms with Crippen molar-refractivity contribution in [2.24, 2.45) is 5.73 Å². The van der Waals surface area contributed by atoms with E-state index < -0.39 is 0 Å². The molecular formula is C9H20N2O2. The molecule has 1 fully saturated rings. The molecule has 0 radical (unpaired) electrons. The van der Waals surface area contributed by atoms with Gasteiger partial charge in [0.05, 0.1) is 12.7 Å². The molecule has 2 unspecified atom stereocenters. The lowest BCUT2D eigenvalue weighted by Gasteiger charge is -2.37. The predicted molar refractivity (Wildman–Crippen MR) is 51.5 cm³/mol. The molecular weight excluding hydrogens is 168 g/mol. The quantitative estimate of drug-likeness (QED) is 0.619. The van der Waals surface area contributed by atoms with Crippen molar-refractivity contribution < 1.29 is 9.84 Å². The summed E-state index contributed by atoms with van der Waals surface area (Å²) in [5.41, 5.74) is 5.54. The molecule has 0 aromatic heterocycles. The Morgan fingerprint density at radius 1 is 1.62 bits per heavy atom. The number of aliphatic hydroxyl groups is 1. The van der Waals surface area contributed by atoms with E-state index in [-0.39, 0.29) is 12.7 Å². The molecule has 1 heterocycles. The normalized spacial score (nSPS) is 30.7. The van der Waals surface area contributed by atoms with Crippen molar-refractivity contribution in [1.82, 2.24) is 4.90 Å². The zero-order valence-electron chi connectivity index (χ0n) is 8.28. The first-order chi connectivity index (χ1) is 6.27. The van der Waals surface area contributed by atoms with Crippen molar-refractivity contribution in [2.45, 2.75) is 25.5 Å². The molecule has 3 N–H and O–H groups in total. The fourth-order valence-electron chi connectivity index (χ4n) is 1.60. The molecule has 0 bridgehead atoms. The molecule has 4 nitrogen and oxygen atoms in total. The first kappa shape index (κ1) is 10.9. The van der Waals surface area contributed by atoms with Crippen LogP contribution >= 0.6 is 0 Å². The van der Waals surface area contributed by atoms with Crippen LogP contribution in [0.15, 0.2) is 0 Å². The highest BCUT2D eigenvalue weighted by Crippen LogP contribution is 2.10. The zero-order chi connectivity index (χ0) is 9.68. The van der Waals surface area contributed by atoms with Crippen LogP contribution in [0.4, 0.5) is 0 Å². The molecule has 1 saturated heterocycles. The largest absolute Gasteiger partial charge is 0.396 e. The van der Waals surface area contributed by atoms with Crippen LogP contribution in [0.3, 0.4) is 0 Å². The third-order valence-corrected chi connectivity index (χ3v) is 2.50. The SMILES string of the molecule is CC1COC(CN)CN1CCCO. The first-order valence-electron chi connectivity index (χ1n) is 4.94. The Morgan fingerprint density at radius 3 is 3.00 bits per heavy atom. The molecule has 0 spiro atoms. The van der Waals surface area contributed by atoms with E-state index in [1.54, 1.807) is 0 Å². The fraction of sp³-hybridized carbons (Fsp3) is 1.00. The highest BCUT2D eigenvalue weighted by atomic mass is 16.5. The summed E-state index contributed by atoms with van der Waals surface area (Å²) in [6, 6.07) is 0.453. The molecule has 0 aromatic carbocycles. The fourth-order valence-corrected chi connectivity index (χ4v) is 1.60.